The predicted molar refractivity (Wildman–Crippen MR) is 96.1 cm³/mol. The summed E-state index contributed by atoms with van der Waals surface area (Å²) in [4.78, 5) is 17.0. The van der Waals surface area contributed by atoms with E-state index in [1.165, 1.54) is 36.5 Å². The Hall–Kier alpha value is -2.54. The van der Waals surface area contributed by atoms with Crippen LogP contribution in [0.25, 0.3) is 0 Å². The maximum absolute atomic E-state index is 13.4. The Morgan fingerprint density at radius 1 is 1.32 bits per heavy atom. The van der Waals surface area contributed by atoms with E-state index in [9.17, 15) is 18.0 Å². The van der Waals surface area contributed by atoms with Gasteiger partial charge in [-0.15, -0.1) is 0 Å². The molecule has 2 unspecified atom stereocenters. The molecule has 0 spiro atoms. The van der Waals surface area contributed by atoms with Crippen LogP contribution in [0, 0.1) is 11.3 Å². The molecule has 1 aliphatic heterocycles. The number of halogens is 5. The third-order valence-electron chi connectivity index (χ3n) is 3.91. The molecule has 1 aromatic heterocycles. The maximum atomic E-state index is 13.4. The van der Waals surface area contributed by atoms with Crippen LogP contribution in [-0.4, -0.2) is 35.9 Å². The van der Waals surface area contributed by atoms with Crippen LogP contribution >= 0.6 is 23.2 Å². The molecule has 0 radical (unpaired) electrons. The molecule has 3 rings (SSSR count). The standard InChI is InChI=1S/C17H11Cl2F3N4O2/c18-12-6-11(2-1-9(12)7-23)26-8-13(28-16(26)17(20,21)22)15(27)25-10-3-4-24-14(19)5-10/h1-6,13,16H,8H2,(H,24,25,27). The number of nitriles is 1. The number of alkyl halides is 3. The van der Waals surface area contributed by atoms with Gasteiger partial charge in [0.2, 0.25) is 6.23 Å². The molecule has 0 aliphatic carbocycles. The molecule has 2 heterocycles. The number of benzene rings is 1. The first-order valence-electron chi connectivity index (χ1n) is 7.80. The number of pyridine rings is 1. The number of anilines is 2. The molecule has 1 saturated heterocycles. The summed E-state index contributed by atoms with van der Waals surface area (Å²) >= 11 is 11.6. The first-order valence-corrected chi connectivity index (χ1v) is 8.55. The molecule has 1 aliphatic rings. The van der Waals surface area contributed by atoms with Crippen molar-refractivity contribution in [3.63, 3.8) is 0 Å². The van der Waals surface area contributed by atoms with Crippen molar-refractivity contribution in [1.82, 2.24) is 4.98 Å². The minimum Gasteiger partial charge on any atom is -0.335 e. The van der Waals surface area contributed by atoms with Gasteiger partial charge in [0.15, 0.2) is 6.10 Å². The summed E-state index contributed by atoms with van der Waals surface area (Å²) in [5.74, 6) is -0.765. The fraction of sp³-hybridized carbons (Fsp3) is 0.235. The van der Waals surface area contributed by atoms with Gasteiger partial charge in [-0.25, -0.2) is 4.98 Å². The van der Waals surface area contributed by atoms with E-state index in [-0.39, 0.29) is 33.7 Å². The van der Waals surface area contributed by atoms with Crippen LogP contribution in [0.2, 0.25) is 10.2 Å². The van der Waals surface area contributed by atoms with Gasteiger partial charge in [0.1, 0.15) is 11.2 Å². The highest BCUT2D eigenvalue weighted by atomic mass is 35.5. The number of carbonyl (C=O) groups is 1. The minimum atomic E-state index is -4.75. The molecular weight excluding hydrogens is 420 g/mol. The maximum Gasteiger partial charge on any atom is 0.433 e. The van der Waals surface area contributed by atoms with Crippen LogP contribution < -0.4 is 10.2 Å². The minimum absolute atomic E-state index is 0.000235. The summed E-state index contributed by atoms with van der Waals surface area (Å²) in [6.45, 7) is -0.364. The van der Waals surface area contributed by atoms with Crippen molar-refractivity contribution in [2.75, 3.05) is 16.8 Å². The van der Waals surface area contributed by atoms with E-state index in [2.05, 4.69) is 10.3 Å². The average Bonchev–Trinajstić information content (AvgIpc) is 3.07. The fourth-order valence-corrected chi connectivity index (χ4v) is 3.05. The van der Waals surface area contributed by atoms with Crippen LogP contribution in [0.5, 0.6) is 0 Å². The molecule has 28 heavy (non-hydrogen) atoms. The van der Waals surface area contributed by atoms with Crippen molar-refractivity contribution in [3.8, 4) is 6.07 Å². The lowest BCUT2D eigenvalue weighted by Gasteiger charge is -2.26. The van der Waals surface area contributed by atoms with Crippen molar-refractivity contribution < 1.29 is 22.7 Å². The number of rotatable bonds is 3. The first kappa shape index (κ1) is 20.2. The lowest BCUT2D eigenvalue weighted by molar-refractivity contribution is -0.212. The third kappa shape index (κ3) is 4.30. The molecule has 1 fully saturated rings. The number of carbonyl (C=O) groups excluding carboxylic acids is 1. The number of ether oxygens (including phenoxy) is 1. The molecule has 1 N–H and O–H groups in total. The Morgan fingerprint density at radius 3 is 2.68 bits per heavy atom. The van der Waals surface area contributed by atoms with Crippen LogP contribution in [-0.2, 0) is 9.53 Å². The molecule has 1 amide bonds. The lowest BCUT2D eigenvalue weighted by atomic mass is 10.2. The van der Waals surface area contributed by atoms with Gasteiger partial charge in [-0.1, -0.05) is 23.2 Å². The molecule has 0 bridgehead atoms. The zero-order chi connectivity index (χ0) is 20.5. The Labute approximate surface area is 167 Å². The second kappa shape index (κ2) is 7.83. The highest BCUT2D eigenvalue weighted by Gasteiger charge is 2.52. The van der Waals surface area contributed by atoms with Gasteiger partial charge in [0.25, 0.3) is 5.91 Å². The van der Waals surface area contributed by atoms with Crippen LogP contribution in [0.3, 0.4) is 0 Å². The molecule has 2 atom stereocenters. The number of amides is 1. The highest BCUT2D eigenvalue weighted by molar-refractivity contribution is 6.32. The highest BCUT2D eigenvalue weighted by Crippen LogP contribution is 2.36. The van der Waals surface area contributed by atoms with Gasteiger partial charge < -0.3 is 15.0 Å². The largest absolute Gasteiger partial charge is 0.433 e. The van der Waals surface area contributed by atoms with E-state index in [1.54, 1.807) is 0 Å². The van der Waals surface area contributed by atoms with Crippen molar-refractivity contribution in [3.05, 3.63) is 52.3 Å². The fourth-order valence-electron chi connectivity index (χ4n) is 2.66. The van der Waals surface area contributed by atoms with Gasteiger partial charge >= 0.3 is 6.18 Å². The Bertz CT molecular complexity index is 949. The second-order valence-electron chi connectivity index (χ2n) is 5.80. The average molecular weight is 431 g/mol. The molecule has 1 aromatic carbocycles. The normalized spacial score (nSPS) is 19.4. The third-order valence-corrected chi connectivity index (χ3v) is 4.43. The van der Waals surface area contributed by atoms with Gasteiger partial charge in [-0.2, -0.15) is 18.4 Å². The molecule has 0 saturated carbocycles. The zero-order valence-electron chi connectivity index (χ0n) is 13.9. The predicted octanol–water partition coefficient (Wildman–Crippen LogP) is 3.99. The van der Waals surface area contributed by atoms with Gasteiger partial charge in [0.05, 0.1) is 17.1 Å². The summed E-state index contributed by atoms with van der Waals surface area (Å²) < 4.78 is 45.3. The topological polar surface area (TPSA) is 78.3 Å². The second-order valence-corrected chi connectivity index (χ2v) is 6.60. The Balaban J connectivity index is 1.84. The van der Waals surface area contributed by atoms with Gasteiger partial charge in [-0.3, -0.25) is 4.79 Å². The molecular formula is C17H11Cl2F3N4O2. The summed E-state index contributed by atoms with van der Waals surface area (Å²) in [6, 6.07) is 8.47. The van der Waals surface area contributed by atoms with Crippen molar-refractivity contribution in [1.29, 1.82) is 5.26 Å². The number of nitrogens with zero attached hydrogens (tertiary/aromatic N) is 3. The smallest absolute Gasteiger partial charge is 0.335 e. The molecule has 2 aromatic rings. The van der Waals surface area contributed by atoms with E-state index >= 15 is 0 Å². The lowest BCUT2D eigenvalue weighted by Crippen LogP contribution is -2.42. The van der Waals surface area contributed by atoms with Crippen molar-refractivity contribution >= 4 is 40.5 Å². The van der Waals surface area contributed by atoms with Gasteiger partial charge in [0, 0.05) is 17.6 Å². The number of hydrogen-bond donors (Lipinski definition) is 1. The zero-order valence-corrected chi connectivity index (χ0v) is 15.4. The van der Waals surface area contributed by atoms with Crippen LogP contribution in [0.15, 0.2) is 36.5 Å². The Kier molecular flexibility index (Phi) is 5.65. The SMILES string of the molecule is N#Cc1ccc(N2CC(C(=O)Nc3ccnc(Cl)c3)OC2C(F)(F)F)cc1Cl. The summed E-state index contributed by atoms with van der Waals surface area (Å²) in [5, 5.41) is 11.5. The number of nitrogens with one attached hydrogen (secondary N) is 1. The monoisotopic (exact) mass is 430 g/mol. The molecule has 6 nitrogen and oxygen atoms in total. The van der Waals surface area contributed by atoms with Gasteiger partial charge in [-0.05, 0) is 30.3 Å². The van der Waals surface area contributed by atoms with E-state index in [0.717, 1.165) is 4.90 Å². The summed E-state index contributed by atoms with van der Waals surface area (Å²) in [5.41, 5.74) is 0.476. The molecule has 146 valence electrons. The number of hydrogen-bond acceptors (Lipinski definition) is 5. The summed E-state index contributed by atoms with van der Waals surface area (Å²) in [6.07, 6.45) is -7.15. The quantitative estimate of drug-likeness (QED) is 0.744. The van der Waals surface area contributed by atoms with E-state index in [1.807, 2.05) is 6.07 Å². The van der Waals surface area contributed by atoms with Crippen molar-refractivity contribution in [2.45, 2.75) is 18.5 Å². The Morgan fingerprint density at radius 2 is 2.07 bits per heavy atom. The van der Waals surface area contributed by atoms with Crippen molar-refractivity contribution in [2.24, 2.45) is 0 Å². The first-order chi connectivity index (χ1) is 13.2. The molecule has 11 heteroatoms. The van der Waals surface area contributed by atoms with E-state index < -0.39 is 24.4 Å². The van der Waals surface area contributed by atoms with E-state index in [0.29, 0.717) is 0 Å². The summed E-state index contributed by atoms with van der Waals surface area (Å²) in [7, 11) is 0. The number of aromatic nitrogens is 1. The van der Waals surface area contributed by atoms with Crippen LogP contribution in [0.1, 0.15) is 5.56 Å². The van der Waals surface area contributed by atoms with E-state index in [4.69, 9.17) is 33.2 Å². The van der Waals surface area contributed by atoms with Crippen LogP contribution in [0.4, 0.5) is 24.5 Å².